The second kappa shape index (κ2) is 3.30. The minimum Gasteiger partial charge on any atom is -0.496 e. The first-order valence-corrected chi connectivity index (χ1v) is 4.00. The van der Waals surface area contributed by atoms with Gasteiger partial charge in [0.15, 0.2) is 0 Å². The first kappa shape index (κ1) is 7.95. The van der Waals surface area contributed by atoms with Crippen LogP contribution < -0.4 is 4.74 Å². The van der Waals surface area contributed by atoms with Gasteiger partial charge in [-0.1, -0.05) is 15.9 Å². The van der Waals surface area contributed by atoms with Gasteiger partial charge in [0.2, 0.25) is 0 Å². The lowest BCUT2D eigenvalue weighted by Crippen LogP contribution is -1.83. The zero-order valence-electron chi connectivity index (χ0n) is 5.47. The van der Waals surface area contributed by atoms with Gasteiger partial charge >= 0.3 is 0 Å². The number of hydrogen-bond donors (Lipinski definition) is 1. The SMILES string of the molecule is COc1ccc(Br)cc1S. The number of benzene rings is 1. The van der Waals surface area contributed by atoms with E-state index in [-0.39, 0.29) is 0 Å². The Morgan fingerprint density at radius 1 is 1.50 bits per heavy atom. The lowest BCUT2D eigenvalue weighted by Gasteiger charge is -2.01. The number of ether oxygens (including phenoxy) is 1. The highest BCUT2D eigenvalue weighted by atomic mass is 79.9. The van der Waals surface area contributed by atoms with Gasteiger partial charge in [-0.2, -0.15) is 0 Å². The zero-order valence-corrected chi connectivity index (χ0v) is 7.95. The smallest absolute Gasteiger partial charge is 0.132 e. The van der Waals surface area contributed by atoms with E-state index in [1.165, 1.54) is 0 Å². The highest BCUT2D eigenvalue weighted by molar-refractivity contribution is 9.10. The average Bonchev–Trinajstić information content (AvgIpc) is 1.88. The van der Waals surface area contributed by atoms with Crippen molar-refractivity contribution in [2.45, 2.75) is 4.90 Å². The number of halogens is 1. The predicted octanol–water partition coefficient (Wildman–Crippen LogP) is 2.75. The summed E-state index contributed by atoms with van der Waals surface area (Å²) in [7, 11) is 1.63. The Balaban J connectivity index is 3.07. The third-order valence-electron chi connectivity index (χ3n) is 1.14. The van der Waals surface area contributed by atoms with Gasteiger partial charge in [-0.15, -0.1) is 12.6 Å². The van der Waals surface area contributed by atoms with Crippen LogP contribution in [-0.4, -0.2) is 7.11 Å². The molecule has 0 radical (unpaired) electrons. The van der Waals surface area contributed by atoms with Crippen LogP contribution in [0.5, 0.6) is 5.75 Å². The molecule has 10 heavy (non-hydrogen) atoms. The summed E-state index contributed by atoms with van der Waals surface area (Å²) in [6.07, 6.45) is 0. The van der Waals surface area contributed by atoms with Gasteiger partial charge in [0.25, 0.3) is 0 Å². The summed E-state index contributed by atoms with van der Waals surface area (Å²) >= 11 is 7.51. The summed E-state index contributed by atoms with van der Waals surface area (Å²) < 4.78 is 6.02. The normalized spacial score (nSPS) is 9.50. The summed E-state index contributed by atoms with van der Waals surface area (Å²) in [5.74, 6) is 0.798. The van der Waals surface area contributed by atoms with E-state index >= 15 is 0 Å². The fourth-order valence-corrected chi connectivity index (χ4v) is 1.51. The fraction of sp³-hybridized carbons (Fsp3) is 0.143. The van der Waals surface area contributed by atoms with Crippen LogP contribution in [0.2, 0.25) is 0 Å². The molecule has 1 aromatic carbocycles. The Hall–Kier alpha value is -0.150. The van der Waals surface area contributed by atoms with Crippen molar-refractivity contribution in [2.24, 2.45) is 0 Å². The van der Waals surface area contributed by atoms with Crippen LogP contribution in [0, 0.1) is 0 Å². The fourth-order valence-electron chi connectivity index (χ4n) is 0.663. The van der Waals surface area contributed by atoms with Crippen LogP contribution >= 0.6 is 28.6 Å². The van der Waals surface area contributed by atoms with Crippen molar-refractivity contribution in [2.75, 3.05) is 7.11 Å². The maximum absolute atomic E-state index is 5.00. The molecule has 0 saturated carbocycles. The topological polar surface area (TPSA) is 9.23 Å². The van der Waals surface area contributed by atoms with Gasteiger partial charge in [-0.05, 0) is 18.2 Å². The molecule has 0 unspecified atom stereocenters. The van der Waals surface area contributed by atoms with Gasteiger partial charge in [-0.3, -0.25) is 0 Å². The molecular weight excluding hydrogens is 212 g/mol. The lowest BCUT2D eigenvalue weighted by atomic mass is 10.3. The van der Waals surface area contributed by atoms with Crippen molar-refractivity contribution < 1.29 is 4.74 Å². The molecule has 3 heteroatoms. The van der Waals surface area contributed by atoms with Crippen molar-refractivity contribution in [3.05, 3.63) is 22.7 Å². The van der Waals surface area contributed by atoms with E-state index in [0.717, 1.165) is 15.1 Å². The molecule has 0 saturated heterocycles. The number of hydrogen-bond acceptors (Lipinski definition) is 2. The molecule has 0 fully saturated rings. The van der Waals surface area contributed by atoms with E-state index in [2.05, 4.69) is 28.6 Å². The van der Waals surface area contributed by atoms with E-state index in [4.69, 9.17) is 4.74 Å². The Morgan fingerprint density at radius 2 is 2.20 bits per heavy atom. The van der Waals surface area contributed by atoms with Crippen molar-refractivity contribution >= 4 is 28.6 Å². The molecule has 0 heterocycles. The molecule has 54 valence electrons. The molecule has 1 aromatic rings. The minimum atomic E-state index is 0.798. The summed E-state index contributed by atoms with van der Waals surface area (Å²) in [5, 5.41) is 0. The predicted molar refractivity (Wildman–Crippen MR) is 47.9 cm³/mol. The van der Waals surface area contributed by atoms with Crippen molar-refractivity contribution in [1.82, 2.24) is 0 Å². The second-order valence-electron chi connectivity index (χ2n) is 1.82. The first-order valence-electron chi connectivity index (χ1n) is 2.76. The lowest BCUT2D eigenvalue weighted by molar-refractivity contribution is 0.405. The van der Waals surface area contributed by atoms with Crippen LogP contribution in [0.25, 0.3) is 0 Å². The first-order chi connectivity index (χ1) is 4.74. The second-order valence-corrected chi connectivity index (χ2v) is 3.21. The molecule has 0 amide bonds. The Kier molecular flexibility index (Phi) is 2.63. The Morgan fingerprint density at radius 3 is 2.70 bits per heavy atom. The summed E-state index contributed by atoms with van der Waals surface area (Å²) in [5.41, 5.74) is 0. The van der Waals surface area contributed by atoms with E-state index in [1.807, 2.05) is 18.2 Å². The maximum Gasteiger partial charge on any atom is 0.132 e. The zero-order chi connectivity index (χ0) is 7.56. The van der Waals surface area contributed by atoms with Crippen LogP contribution in [0.3, 0.4) is 0 Å². The summed E-state index contributed by atoms with van der Waals surface area (Å²) in [6.45, 7) is 0. The maximum atomic E-state index is 5.00. The van der Waals surface area contributed by atoms with E-state index in [0.29, 0.717) is 0 Å². The van der Waals surface area contributed by atoms with Gasteiger partial charge in [0.1, 0.15) is 5.75 Å². The van der Waals surface area contributed by atoms with Crippen molar-refractivity contribution in [3.8, 4) is 5.75 Å². The highest BCUT2D eigenvalue weighted by Gasteiger charge is 1.96. The van der Waals surface area contributed by atoms with Gasteiger partial charge in [0.05, 0.1) is 7.11 Å². The third kappa shape index (κ3) is 1.67. The molecule has 0 bridgehead atoms. The molecule has 1 nitrogen and oxygen atoms in total. The van der Waals surface area contributed by atoms with Crippen molar-refractivity contribution in [3.63, 3.8) is 0 Å². The average molecular weight is 219 g/mol. The summed E-state index contributed by atoms with van der Waals surface area (Å²) in [4.78, 5) is 0.844. The summed E-state index contributed by atoms with van der Waals surface area (Å²) in [6, 6.07) is 5.67. The standard InChI is InChI=1S/C7H7BrOS/c1-9-6-3-2-5(8)4-7(6)10/h2-4,10H,1H3. The molecule has 0 aliphatic rings. The molecular formula is C7H7BrOS. The molecule has 1 rings (SSSR count). The third-order valence-corrected chi connectivity index (χ3v) is 1.98. The van der Waals surface area contributed by atoms with Crippen LogP contribution in [0.4, 0.5) is 0 Å². The molecule has 0 N–H and O–H groups in total. The van der Waals surface area contributed by atoms with Crippen LogP contribution in [0.1, 0.15) is 0 Å². The highest BCUT2D eigenvalue weighted by Crippen LogP contribution is 2.25. The molecule has 0 aliphatic heterocycles. The number of methoxy groups -OCH3 is 1. The van der Waals surface area contributed by atoms with Gasteiger partial charge in [0, 0.05) is 9.37 Å². The molecule has 0 atom stereocenters. The Labute approximate surface area is 73.9 Å². The largest absolute Gasteiger partial charge is 0.496 e. The van der Waals surface area contributed by atoms with Gasteiger partial charge < -0.3 is 4.74 Å². The Bertz CT molecular complexity index is 237. The monoisotopic (exact) mass is 218 g/mol. The number of thiol groups is 1. The van der Waals surface area contributed by atoms with E-state index in [9.17, 15) is 0 Å². The van der Waals surface area contributed by atoms with E-state index in [1.54, 1.807) is 7.11 Å². The number of rotatable bonds is 1. The molecule has 0 spiro atoms. The quantitative estimate of drug-likeness (QED) is 0.714. The van der Waals surface area contributed by atoms with Crippen LogP contribution in [0.15, 0.2) is 27.6 Å². The van der Waals surface area contributed by atoms with Crippen LogP contribution in [-0.2, 0) is 0 Å². The van der Waals surface area contributed by atoms with E-state index < -0.39 is 0 Å². The van der Waals surface area contributed by atoms with Crippen molar-refractivity contribution in [1.29, 1.82) is 0 Å². The minimum absolute atomic E-state index is 0.798. The molecule has 0 aliphatic carbocycles. The molecule has 0 aromatic heterocycles. The van der Waals surface area contributed by atoms with Gasteiger partial charge in [-0.25, -0.2) is 0 Å².